The molecular formula is C15H18ClN3O2. The van der Waals surface area contributed by atoms with E-state index in [-0.39, 0.29) is 6.04 Å². The lowest BCUT2D eigenvalue weighted by Crippen LogP contribution is -2.27. The van der Waals surface area contributed by atoms with Crippen LogP contribution in [0.15, 0.2) is 28.8 Å². The number of ether oxygens (including phenoxy) is 1. The Balaban J connectivity index is 1.57. The highest BCUT2D eigenvalue weighted by molar-refractivity contribution is 6.30. The first-order valence-corrected chi connectivity index (χ1v) is 7.52. The zero-order valence-corrected chi connectivity index (χ0v) is 12.4. The first-order chi connectivity index (χ1) is 10.2. The maximum absolute atomic E-state index is 6.02. The Kier molecular flexibility index (Phi) is 4.53. The molecule has 0 spiro atoms. The lowest BCUT2D eigenvalue weighted by molar-refractivity contribution is -0.00549. The van der Waals surface area contributed by atoms with Gasteiger partial charge in [0.1, 0.15) is 0 Å². The molecule has 6 heteroatoms. The molecule has 0 saturated heterocycles. The summed E-state index contributed by atoms with van der Waals surface area (Å²) in [6, 6.07) is 7.23. The highest BCUT2D eigenvalue weighted by Gasteiger charge is 2.21. The number of benzene rings is 1. The van der Waals surface area contributed by atoms with Gasteiger partial charge in [-0.15, -0.1) is 0 Å². The van der Waals surface area contributed by atoms with E-state index in [2.05, 4.69) is 10.1 Å². The van der Waals surface area contributed by atoms with Crippen LogP contribution in [0.2, 0.25) is 5.02 Å². The van der Waals surface area contributed by atoms with Crippen molar-refractivity contribution in [2.75, 3.05) is 6.61 Å². The number of halogens is 1. The van der Waals surface area contributed by atoms with Gasteiger partial charge >= 0.3 is 0 Å². The molecule has 0 aliphatic heterocycles. The predicted octanol–water partition coefficient (Wildman–Crippen LogP) is 2.88. The smallest absolute Gasteiger partial charge is 0.231 e. The molecule has 1 heterocycles. The minimum absolute atomic E-state index is 0.345. The third-order valence-corrected chi connectivity index (χ3v) is 3.86. The van der Waals surface area contributed by atoms with E-state index in [1.807, 2.05) is 24.3 Å². The van der Waals surface area contributed by atoms with E-state index in [1.165, 1.54) is 6.42 Å². The average Bonchev–Trinajstić information content (AvgIpc) is 2.85. The molecular weight excluding hydrogens is 290 g/mol. The molecule has 0 bridgehead atoms. The number of hydrogen-bond acceptors (Lipinski definition) is 5. The number of nitrogens with zero attached hydrogens (tertiary/aromatic N) is 2. The molecule has 1 aliphatic rings. The topological polar surface area (TPSA) is 74.2 Å². The predicted molar refractivity (Wildman–Crippen MR) is 79.1 cm³/mol. The van der Waals surface area contributed by atoms with Crippen molar-refractivity contribution in [2.45, 2.75) is 37.8 Å². The lowest BCUT2D eigenvalue weighted by atomic mass is 9.96. The second-order valence-electron chi connectivity index (χ2n) is 5.35. The first kappa shape index (κ1) is 14.5. The highest BCUT2D eigenvalue weighted by Crippen LogP contribution is 2.23. The number of hydrogen-bond donors (Lipinski definition) is 1. The summed E-state index contributed by atoms with van der Waals surface area (Å²) in [7, 11) is 0. The molecule has 3 rings (SSSR count). The van der Waals surface area contributed by atoms with Gasteiger partial charge in [0.05, 0.1) is 25.2 Å². The van der Waals surface area contributed by atoms with E-state index in [4.69, 9.17) is 26.6 Å². The molecule has 21 heavy (non-hydrogen) atoms. The second-order valence-corrected chi connectivity index (χ2v) is 5.78. The van der Waals surface area contributed by atoms with E-state index in [1.54, 1.807) is 0 Å². The van der Waals surface area contributed by atoms with E-state index < -0.39 is 0 Å². The van der Waals surface area contributed by atoms with Gasteiger partial charge in [-0.05, 0) is 37.0 Å². The van der Waals surface area contributed by atoms with Crippen LogP contribution < -0.4 is 5.73 Å². The largest absolute Gasteiger partial charge is 0.376 e. The zero-order valence-electron chi connectivity index (χ0n) is 11.7. The van der Waals surface area contributed by atoms with Gasteiger partial charge in [-0.1, -0.05) is 28.9 Å². The molecule has 1 atom stereocenters. The van der Waals surface area contributed by atoms with Crippen molar-refractivity contribution in [1.82, 2.24) is 10.1 Å². The molecule has 112 valence electrons. The quantitative estimate of drug-likeness (QED) is 0.888. The second kappa shape index (κ2) is 6.56. The lowest BCUT2D eigenvalue weighted by Gasteiger charge is -2.26. The van der Waals surface area contributed by atoms with Gasteiger partial charge in [0.25, 0.3) is 0 Å². The maximum Gasteiger partial charge on any atom is 0.231 e. The number of nitrogens with two attached hydrogens (primary N) is 1. The molecule has 1 aliphatic carbocycles. The van der Waals surface area contributed by atoms with E-state index in [0.717, 1.165) is 18.4 Å². The summed E-state index contributed by atoms with van der Waals surface area (Å²) in [6.07, 6.45) is 4.39. The van der Waals surface area contributed by atoms with Gasteiger partial charge < -0.3 is 15.0 Å². The van der Waals surface area contributed by atoms with Crippen LogP contribution in [0.4, 0.5) is 0 Å². The Labute approximate surface area is 128 Å². The van der Waals surface area contributed by atoms with Gasteiger partial charge in [-0.25, -0.2) is 0 Å². The average molecular weight is 308 g/mol. The van der Waals surface area contributed by atoms with E-state index >= 15 is 0 Å². The Morgan fingerprint density at radius 1 is 1.43 bits per heavy atom. The molecule has 1 fully saturated rings. The molecule has 1 saturated carbocycles. The summed E-state index contributed by atoms with van der Waals surface area (Å²) < 4.78 is 10.9. The van der Waals surface area contributed by atoms with Crippen molar-refractivity contribution in [3.63, 3.8) is 0 Å². The van der Waals surface area contributed by atoms with Crippen LogP contribution in [0.1, 0.15) is 42.6 Å². The Bertz CT molecular complexity index is 598. The fourth-order valence-electron chi connectivity index (χ4n) is 2.16. The van der Waals surface area contributed by atoms with Crippen LogP contribution in [0.25, 0.3) is 0 Å². The van der Waals surface area contributed by atoms with Crippen LogP contribution in [0, 0.1) is 0 Å². The third kappa shape index (κ3) is 3.81. The fraction of sp³-hybridized carbons (Fsp3) is 0.467. The van der Waals surface area contributed by atoms with Crippen molar-refractivity contribution in [3.8, 4) is 0 Å². The van der Waals surface area contributed by atoms with Gasteiger partial charge in [-0.2, -0.15) is 4.98 Å². The van der Waals surface area contributed by atoms with Gasteiger partial charge in [0.2, 0.25) is 5.89 Å². The first-order valence-electron chi connectivity index (χ1n) is 7.15. The summed E-state index contributed by atoms with van der Waals surface area (Å²) in [4.78, 5) is 4.33. The molecule has 0 amide bonds. The van der Waals surface area contributed by atoms with Gasteiger partial charge in [-0.3, -0.25) is 0 Å². The van der Waals surface area contributed by atoms with Crippen molar-refractivity contribution >= 4 is 11.6 Å². The molecule has 1 aromatic carbocycles. The molecule has 5 nitrogen and oxygen atoms in total. The van der Waals surface area contributed by atoms with Crippen LogP contribution in [-0.2, 0) is 11.2 Å². The monoisotopic (exact) mass is 307 g/mol. The summed E-state index contributed by atoms with van der Waals surface area (Å²) in [5.41, 5.74) is 7.05. The minimum Gasteiger partial charge on any atom is -0.376 e. The van der Waals surface area contributed by atoms with Crippen LogP contribution in [0.5, 0.6) is 0 Å². The molecule has 2 N–H and O–H groups in total. The Morgan fingerprint density at radius 3 is 3.00 bits per heavy atom. The SMILES string of the molecule is NC(COC1CCC1)c1noc(Cc2cccc(Cl)c2)n1. The minimum atomic E-state index is -0.345. The van der Waals surface area contributed by atoms with Crippen molar-refractivity contribution < 1.29 is 9.26 Å². The van der Waals surface area contributed by atoms with Crippen LogP contribution in [0.3, 0.4) is 0 Å². The zero-order chi connectivity index (χ0) is 14.7. The summed E-state index contributed by atoms with van der Waals surface area (Å²) in [5.74, 6) is 1.03. The Morgan fingerprint density at radius 2 is 2.29 bits per heavy atom. The standard InChI is InChI=1S/C15H18ClN3O2/c16-11-4-1-3-10(7-11)8-14-18-15(19-21-14)13(17)9-20-12-5-2-6-12/h1,3-4,7,12-13H,2,5-6,8-9,17H2. The van der Waals surface area contributed by atoms with E-state index in [9.17, 15) is 0 Å². The maximum atomic E-state index is 6.02. The molecule has 2 aromatic rings. The van der Waals surface area contributed by atoms with Crippen molar-refractivity contribution in [2.24, 2.45) is 5.73 Å². The van der Waals surface area contributed by atoms with Crippen molar-refractivity contribution in [3.05, 3.63) is 46.6 Å². The van der Waals surface area contributed by atoms with Crippen molar-refractivity contribution in [1.29, 1.82) is 0 Å². The van der Waals surface area contributed by atoms with Crippen LogP contribution >= 0.6 is 11.6 Å². The number of rotatable bonds is 6. The normalized spacial score (nSPS) is 16.7. The molecule has 0 radical (unpaired) electrons. The van der Waals surface area contributed by atoms with Gasteiger partial charge in [0, 0.05) is 5.02 Å². The van der Waals surface area contributed by atoms with E-state index in [0.29, 0.717) is 35.9 Å². The third-order valence-electron chi connectivity index (χ3n) is 3.62. The summed E-state index contributed by atoms with van der Waals surface area (Å²) in [5, 5.41) is 4.62. The summed E-state index contributed by atoms with van der Waals surface area (Å²) >= 11 is 5.95. The Hall–Kier alpha value is -1.43. The molecule has 1 aromatic heterocycles. The number of aromatic nitrogens is 2. The fourth-order valence-corrected chi connectivity index (χ4v) is 2.38. The molecule has 1 unspecified atom stereocenters. The van der Waals surface area contributed by atoms with Crippen LogP contribution in [-0.4, -0.2) is 22.9 Å². The summed E-state index contributed by atoms with van der Waals surface area (Å²) in [6.45, 7) is 0.431. The highest BCUT2D eigenvalue weighted by atomic mass is 35.5. The van der Waals surface area contributed by atoms with Gasteiger partial charge in [0.15, 0.2) is 5.82 Å².